The predicted octanol–water partition coefficient (Wildman–Crippen LogP) is 4.68. The molecule has 0 radical (unpaired) electrons. The third kappa shape index (κ3) is 4.68. The molecule has 0 aliphatic carbocycles. The number of hydrogen-bond acceptors (Lipinski definition) is 3. The molecular formula is C18H15Cl2NO2. The molecule has 0 heterocycles. The van der Waals surface area contributed by atoms with Crippen molar-refractivity contribution in [3.05, 3.63) is 79.9 Å². The Morgan fingerprint density at radius 2 is 1.78 bits per heavy atom. The fourth-order valence-electron chi connectivity index (χ4n) is 2.06. The average Bonchev–Trinajstić information content (AvgIpc) is 2.67. The van der Waals surface area contributed by atoms with E-state index in [1.165, 1.54) is 12.1 Å². The number of hydrogen-bond donors (Lipinski definition) is 1. The minimum Gasteiger partial charge on any atom is -0.382 e. The summed E-state index contributed by atoms with van der Waals surface area (Å²) in [5.74, 6) is -0.374. The van der Waals surface area contributed by atoms with Crippen molar-refractivity contribution >= 4 is 40.7 Å². The van der Waals surface area contributed by atoms with Crippen LogP contribution in [0.15, 0.2) is 53.3 Å². The molecule has 0 unspecified atom stereocenters. The van der Waals surface area contributed by atoms with Crippen LogP contribution in [-0.2, 0) is 0 Å². The molecule has 0 amide bonds. The Bertz CT molecular complexity index is 796. The highest BCUT2D eigenvalue weighted by atomic mass is 35.5. The van der Waals surface area contributed by atoms with E-state index in [0.29, 0.717) is 27.8 Å². The SMILES string of the molecule is CCNc1ccccc(C(=O)/C=C/c2cc(Cl)cc(Cl)c2)c1=O. The van der Waals surface area contributed by atoms with Gasteiger partial charge in [-0.2, -0.15) is 0 Å². The van der Waals surface area contributed by atoms with Gasteiger partial charge in [0.1, 0.15) is 0 Å². The lowest BCUT2D eigenvalue weighted by atomic mass is 10.1. The number of halogens is 2. The fourth-order valence-corrected chi connectivity index (χ4v) is 2.60. The van der Waals surface area contributed by atoms with E-state index in [4.69, 9.17) is 23.2 Å². The van der Waals surface area contributed by atoms with Crippen LogP contribution >= 0.6 is 23.2 Å². The molecule has 2 aromatic rings. The van der Waals surface area contributed by atoms with Gasteiger partial charge >= 0.3 is 0 Å². The van der Waals surface area contributed by atoms with Gasteiger partial charge in [-0.25, -0.2) is 0 Å². The van der Waals surface area contributed by atoms with Crippen LogP contribution in [0.3, 0.4) is 0 Å². The number of carbonyl (C=O) groups excluding carboxylic acids is 1. The van der Waals surface area contributed by atoms with Crippen molar-refractivity contribution in [2.75, 3.05) is 11.9 Å². The Labute approximate surface area is 144 Å². The monoisotopic (exact) mass is 347 g/mol. The molecule has 2 aromatic carbocycles. The van der Waals surface area contributed by atoms with Gasteiger partial charge < -0.3 is 5.32 Å². The number of anilines is 1. The smallest absolute Gasteiger partial charge is 0.212 e. The van der Waals surface area contributed by atoms with Gasteiger partial charge in [0.05, 0.1) is 11.3 Å². The maximum Gasteiger partial charge on any atom is 0.212 e. The van der Waals surface area contributed by atoms with Crippen molar-refractivity contribution in [1.82, 2.24) is 0 Å². The van der Waals surface area contributed by atoms with Gasteiger partial charge in [0.25, 0.3) is 0 Å². The van der Waals surface area contributed by atoms with Gasteiger partial charge in [-0.3, -0.25) is 9.59 Å². The molecule has 118 valence electrons. The standard InChI is InChI=1S/C18H15Cl2NO2/c1-2-21-16-6-4-3-5-15(18(16)23)17(22)8-7-12-9-13(19)11-14(20)10-12/h3-11H,2H2,1H3,(H,21,23)/b8-7+. The van der Waals surface area contributed by atoms with E-state index in [2.05, 4.69) is 5.32 Å². The molecule has 0 aliphatic rings. The van der Waals surface area contributed by atoms with Crippen LogP contribution in [0.1, 0.15) is 22.8 Å². The first-order valence-corrected chi connectivity index (χ1v) is 7.82. The minimum atomic E-state index is -0.374. The van der Waals surface area contributed by atoms with Crippen LogP contribution in [0.5, 0.6) is 0 Å². The highest BCUT2D eigenvalue weighted by Crippen LogP contribution is 2.20. The summed E-state index contributed by atoms with van der Waals surface area (Å²) in [5.41, 5.74) is 0.876. The molecule has 0 bridgehead atoms. The number of carbonyl (C=O) groups is 1. The number of ketones is 1. The van der Waals surface area contributed by atoms with E-state index in [1.54, 1.807) is 42.5 Å². The van der Waals surface area contributed by atoms with E-state index in [1.807, 2.05) is 6.92 Å². The Kier molecular flexibility index (Phi) is 5.97. The van der Waals surface area contributed by atoms with Crippen molar-refractivity contribution in [1.29, 1.82) is 0 Å². The van der Waals surface area contributed by atoms with Gasteiger partial charge in [0, 0.05) is 16.6 Å². The fraction of sp³-hybridized carbons (Fsp3) is 0.111. The zero-order valence-corrected chi connectivity index (χ0v) is 14.0. The lowest BCUT2D eigenvalue weighted by molar-refractivity contribution is 0.104. The molecule has 3 nitrogen and oxygen atoms in total. The molecule has 0 atom stereocenters. The van der Waals surface area contributed by atoms with Crippen molar-refractivity contribution in [2.24, 2.45) is 0 Å². The number of benzene rings is 1. The van der Waals surface area contributed by atoms with E-state index < -0.39 is 0 Å². The number of nitrogens with one attached hydrogen (secondary N) is 1. The molecular weight excluding hydrogens is 333 g/mol. The van der Waals surface area contributed by atoms with Gasteiger partial charge in [-0.15, -0.1) is 0 Å². The molecule has 0 spiro atoms. The maximum atomic E-state index is 12.4. The molecule has 0 fully saturated rings. The normalized spacial score (nSPS) is 10.7. The maximum absolute atomic E-state index is 12.4. The topological polar surface area (TPSA) is 46.2 Å². The molecule has 1 N–H and O–H groups in total. The summed E-state index contributed by atoms with van der Waals surface area (Å²) in [4.78, 5) is 24.7. The molecule has 2 rings (SSSR count). The van der Waals surface area contributed by atoms with Gasteiger partial charge in [-0.05, 0) is 48.9 Å². The zero-order valence-electron chi connectivity index (χ0n) is 12.5. The first-order chi connectivity index (χ1) is 11.0. The van der Waals surface area contributed by atoms with Crippen LogP contribution in [0.25, 0.3) is 6.08 Å². The van der Waals surface area contributed by atoms with Crippen LogP contribution in [0, 0.1) is 0 Å². The average molecular weight is 348 g/mol. The van der Waals surface area contributed by atoms with Gasteiger partial charge in [-0.1, -0.05) is 41.4 Å². The third-order valence-corrected chi connectivity index (χ3v) is 3.51. The summed E-state index contributed by atoms with van der Waals surface area (Å²) in [6.07, 6.45) is 2.92. The Balaban J connectivity index is 2.34. The summed E-state index contributed by atoms with van der Waals surface area (Å²) in [6.45, 7) is 2.49. The molecule has 5 heteroatoms. The van der Waals surface area contributed by atoms with Gasteiger partial charge in [0.15, 0.2) is 5.78 Å². The largest absolute Gasteiger partial charge is 0.382 e. The Hall–Kier alpha value is -2.10. The van der Waals surface area contributed by atoms with E-state index in [9.17, 15) is 9.59 Å². The Morgan fingerprint density at radius 3 is 2.43 bits per heavy atom. The van der Waals surface area contributed by atoms with E-state index in [-0.39, 0.29) is 16.8 Å². The molecule has 0 saturated carbocycles. The summed E-state index contributed by atoms with van der Waals surface area (Å²) >= 11 is 11.8. The third-order valence-electron chi connectivity index (χ3n) is 3.07. The van der Waals surface area contributed by atoms with Crippen LogP contribution in [0.2, 0.25) is 10.0 Å². The number of allylic oxidation sites excluding steroid dienone is 1. The quantitative estimate of drug-likeness (QED) is 0.630. The van der Waals surface area contributed by atoms with E-state index >= 15 is 0 Å². The minimum absolute atomic E-state index is 0.107. The lowest BCUT2D eigenvalue weighted by Gasteiger charge is -1.99. The molecule has 0 aliphatic heterocycles. The summed E-state index contributed by atoms with van der Waals surface area (Å²) in [5, 5.41) is 3.92. The summed E-state index contributed by atoms with van der Waals surface area (Å²) in [6, 6.07) is 11.5. The molecule has 23 heavy (non-hydrogen) atoms. The molecule has 0 saturated heterocycles. The van der Waals surface area contributed by atoms with Crippen molar-refractivity contribution in [3.8, 4) is 0 Å². The Morgan fingerprint density at radius 1 is 1.13 bits per heavy atom. The first kappa shape index (κ1) is 17.3. The van der Waals surface area contributed by atoms with E-state index in [0.717, 1.165) is 0 Å². The predicted molar refractivity (Wildman–Crippen MR) is 96.7 cm³/mol. The number of rotatable bonds is 5. The van der Waals surface area contributed by atoms with Crippen LogP contribution in [-0.4, -0.2) is 12.3 Å². The van der Waals surface area contributed by atoms with Crippen molar-refractivity contribution in [2.45, 2.75) is 6.92 Å². The van der Waals surface area contributed by atoms with Crippen molar-refractivity contribution < 1.29 is 4.79 Å². The lowest BCUT2D eigenvalue weighted by Crippen LogP contribution is -2.15. The first-order valence-electron chi connectivity index (χ1n) is 7.07. The second-order valence-corrected chi connectivity index (χ2v) is 5.68. The van der Waals surface area contributed by atoms with Crippen LogP contribution < -0.4 is 10.7 Å². The summed E-state index contributed by atoms with van der Waals surface area (Å²) < 4.78 is 0. The van der Waals surface area contributed by atoms with Gasteiger partial charge in [0.2, 0.25) is 5.43 Å². The zero-order chi connectivity index (χ0) is 16.8. The summed E-state index contributed by atoms with van der Waals surface area (Å²) in [7, 11) is 0. The second kappa shape index (κ2) is 7.95. The highest BCUT2D eigenvalue weighted by Gasteiger charge is 2.09. The van der Waals surface area contributed by atoms with Crippen molar-refractivity contribution in [3.63, 3.8) is 0 Å². The molecule has 0 aromatic heterocycles. The second-order valence-electron chi connectivity index (χ2n) is 4.81. The van der Waals surface area contributed by atoms with Crippen LogP contribution in [0.4, 0.5) is 5.69 Å². The highest BCUT2D eigenvalue weighted by molar-refractivity contribution is 6.34.